The highest BCUT2D eigenvalue weighted by atomic mass is 35.5. The maximum atomic E-state index is 12.4. The van der Waals surface area contributed by atoms with Gasteiger partial charge in [-0.05, 0) is 29.8 Å². The summed E-state index contributed by atoms with van der Waals surface area (Å²) in [6, 6.07) is 12.3. The van der Waals surface area contributed by atoms with Crippen molar-refractivity contribution in [1.29, 1.82) is 0 Å². The van der Waals surface area contributed by atoms with E-state index in [1.807, 2.05) is 12.1 Å². The lowest BCUT2D eigenvalue weighted by molar-refractivity contribution is -0.131. The maximum Gasteiger partial charge on any atom is 0.261 e. The minimum atomic E-state index is -0.234. The molecular weight excluding hydrogens is 361 g/mol. The van der Waals surface area contributed by atoms with Gasteiger partial charge >= 0.3 is 0 Å². The zero-order chi connectivity index (χ0) is 18.0. The quantitative estimate of drug-likeness (QED) is 0.702. The van der Waals surface area contributed by atoms with Crippen LogP contribution in [0.4, 0.5) is 0 Å². The molecule has 2 aromatic carbocycles. The third-order valence-electron chi connectivity index (χ3n) is 3.87. The van der Waals surface area contributed by atoms with Gasteiger partial charge in [-0.2, -0.15) is 0 Å². The van der Waals surface area contributed by atoms with Crippen LogP contribution < -0.4 is 5.56 Å². The third-order valence-corrected chi connectivity index (χ3v) is 4.61. The van der Waals surface area contributed by atoms with E-state index in [4.69, 9.17) is 23.2 Å². The lowest BCUT2D eigenvalue weighted by Crippen LogP contribution is -2.33. The standard InChI is InChI=1S/C18H15Cl2N3O2/c1-22(9-12-6-7-14(19)15(20)8-12)17(24)10-23-11-21-16-5-3-2-4-13(16)18(23)25/h2-8,11H,9-10H2,1H3. The van der Waals surface area contributed by atoms with E-state index in [1.165, 1.54) is 15.8 Å². The summed E-state index contributed by atoms with van der Waals surface area (Å²) in [5.41, 5.74) is 1.23. The molecule has 0 N–H and O–H groups in total. The lowest BCUT2D eigenvalue weighted by Gasteiger charge is -2.18. The van der Waals surface area contributed by atoms with E-state index in [0.29, 0.717) is 27.5 Å². The minimum Gasteiger partial charge on any atom is -0.340 e. The van der Waals surface area contributed by atoms with E-state index < -0.39 is 0 Å². The Hall–Kier alpha value is -2.37. The van der Waals surface area contributed by atoms with Crippen molar-refractivity contribution in [2.45, 2.75) is 13.1 Å². The fourth-order valence-corrected chi connectivity index (χ4v) is 2.81. The van der Waals surface area contributed by atoms with Crippen molar-refractivity contribution in [3.8, 4) is 0 Å². The van der Waals surface area contributed by atoms with Crippen LogP contribution in [0.15, 0.2) is 53.6 Å². The van der Waals surface area contributed by atoms with Crippen LogP contribution in [-0.4, -0.2) is 27.4 Å². The van der Waals surface area contributed by atoms with Gasteiger partial charge in [-0.25, -0.2) is 4.98 Å². The largest absolute Gasteiger partial charge is 0.340 e. The molecule has 0 radical (unpaired) electrons. The van der Waals surface area contributed by atoms with E-state index in [9.17, 15) is 9.59 Å². The van der Waals surface area contributed by atoms with Crippen LogP contribution in [-0.2, 0) is 17.9 Å². The molecule has 0 unspecified atom stereocenters. The fraction of sp³-hybridized carbons (Fsp3) is 0.167. The van der Waals surface area contributed by atoms with E-state index >= 15 is 0 Å². The van der Waals surface area contributed by atoms with Gasteiger partial charge in [-0.1, -0.05) is 41.4 Å². The molecule has 1 aromatic heterocycles. The van der Waals surface area contributed by atoms with E-state index in [0.717, 1.165) is 5.56 Å². The second-order valence-corrected chi connectivity index (χ2v) is 6.51. The number of nitrogens with zero attached hydrogens (tertiary/aromatic N) is 3. The number of aromatic nitrogens is 2. The molecular formula is C18H15Cl2N3O2. The van der Waals surface area contributed by atoms with Gasteiger partial charge < -0.3 is 4.90 Å². The number of rotatable bonds is 4. The monoisotopic (exact) mass is 375 g/mol. The van der Waals surface area contributed by atoms with E-state index in [2.05, 4.69) is 4.98 Å². The molecule has 5 nitrogen and oxygen atoms in total. The summed E-state index contributed by atoms with van der Waals surface area (Å²) in [4.78, 5) is 30.6. The van der Waals surface area contributed by atoms with E-state index in [1.54, 1.807) is 37.4 Å². The zero-order valence-electron chi connectivity index (χ0n) is 13.4. The Kier molecular flexibility index (Phi) is 5.06. The third kappa shape index (κ3) is 3.83. The van der Waals surface area contributed by atoms with Gasteiger partial charge in [0, 0.05) is 13.6 Å². The highest BCUT2D eigenvalue weighted by Gasteiger charge is 2.13. The number of hydrogen-bond acceptors (Lipinski definition) is 3. The Morgan fingerprint density at radius 1 is 1.16 bits per heavy atom. The second kappa shape index (κ2) is 7.25. The molecule has 7 heteroatoms. The first-order valence-electron chi connectivity index (χ1n) is 7.58. The molecule has 0 bridgehead atoms. The summed E-state index contributed by atoms with van der Waals surface area (Å²) in [5, 5.41) is 1.40. The molecule has 0 saturated carbocycles. The Labute approximate surface area is 154 Å². The molecule has 3 aromatic rings. The van der Waals surface area contributed by atoms with Gasteiger partial charge in [0.15, 0.2) is 0 Å². The molecule has 25 heavy (non-hydrogen) atoms. The fourth-order valence-electron chi connectivity index (χ4n) is 2.49. The van der Waals surface area contributed by atoms with Gasteiger partial charge in [0.05, 0.1) is 27.3 Å². The maximum absolute atomic E-state index is 12.4. The number of benzene rings is 2. The van der Waals surface area contributed by atoms with Gasteiger partial charge in [0.1, 0.15) is 6.54 Å². The molecule has 0 aliphatic carbocycles. The highest BCUT2D eigenvalue weighted by Crippen LogP contribution is 2.23. The van der Waals surface area contributed by atoms with Crippen molar-refractivity contribution < 1.29 is 4.79 Å². The molecule has 128 valence electrons. The predicted octanol–water partition coefficient (Wildman–Crippen LogP) is 3.36. The number of carbonyl (C=O) groups excluding carboxylic acids is 1. The minimum absolute atomic E-state index is 0.0749. The van der Waals surface area contributed by atoms with Gasteiger partial charge in [-0.3, -0.25) is 14.2 Å². The van der Waals surface area contributed by atoms with Crippen LogP contribution in [0.3, 0.4) is 0 Å². The number of para-hydroxylation sites is 1. The summed E-state index contributed by atoms with van der Waals surface area (Å²) in [7, 11) is 1.67. The van der Waals surface area contributed by atoms with Crippen LogP contribution in [0.25, 0.3) is 10.9 Å². The number of fused-ring (bicyclic) bond motifs is 1. The molecule has 0 spiro atoms. The van der Waals surface area contributed by atoms with Crippen LogP contribution in [0, 0.1) is 0 Å². The average molecular weight is 376 g/mol. The normalized spacial score (nSPS) is 10.8. The summed E-state index contributed by atoms with van der Waals surface area (Å²) >= 11 is 11.9. The molecule has 3 rings (SSSR count). The van der Waals surface area contributed by atoms with Crippen LogP contribution in [0.5, 0.6) is 0 Å². The first-order valence-corrected chi connectivity index (χ1v) is 8.33. The first kappa shape index (κ1) is 17.5. The Morgan fingerprint density at radius 2 is 1.92 bits per heavy atom. The number of amides is 1. The molecule has 0 fully saturated rings. The molecule has 0 atom stereocenters. The van der Waals surface area contributed by atoms with Gasteiger partial charge in [0.25, 0.3) is 5.56 Å². The summed E-state index contributed by atoms with van der Waals surface area (Å²) in [6.45, 7) is 0.292. The molecule has 0 saturated heterocycles. The Bertz CT molecular complexity index is 1000. The highest BCUT2D eigenvalue weighted by molar-refractivity contribution is 6.42. The number of hydrogen-bond donors (Lipinski definition) is 0. The predicted molar refractivity (Wildman–Crippen MR) is 98.9 cm³/mol. The number of halogens is 2. The lowest BCUT2D eigenvalue weighted by atomic mass is 10.2. The Morgan fingerprint density at radius 3 is 2.68 bits per heavy atom. The summed E-state index contributed by atoms with van der Waals surface area (Å²) in [5.74, 6) is -0.203. The number of carbonyl (C=O) groups is 1. The zero-order valence-corrected chi connectivity index (χ0v) is 15.0. The van der Waals surface area contributed by atoms with Gasteiger partial charge in [-0.15, -0.1) is 0 Å². The molecule has 0 aliphatic heterocycles. The molecule has 1 amide bonds. The van der Waals surface area contributed by atoms with Crippen LogP contribution in [0.1, 0.15) is 5.56 Å². The topological polar surface area (TPSA) is 55.2 Å². The van der Waals surface area contributed by atoms with Crippen molar-refractivity contribution in [1.82, 2.24) is 14.5 Å². The van der Waals surface area contributed by atoms with Gasteiger partial charge in [0.2, 0.25) is 5.91 Å². The van der Waals surface area contributed by atoms with Crippen molar-refractivity contribution in [2.24, 2.45) is 0 Å². The van der Waals surface area contributed by atoms with Crippen molar-refractivity contribution >= 4 is 40.0 Å². The van der Waals surface area contributed by atoms with Crippen LogP contribution in [0.2, 0.25) is 10.0 Å². The molecule has 0 aliphatic rings. The average Bonchev–Trinajstić information content (AvgIpc) is 2.60. The van der Waals surface area contributed by atoms with Crippen molar-refractivity contribution in [3.05, 3.63) is 74.8 Å². The summed E-state index contributed by atoms with van der Waals surface area (Å²) in [6.07, 6.45) is 1.40. The van der Waals surface area contributed by atoms with E-state index in [-0.39, 0.29) is 18.0 Å². The summed E-state index contributed by atoms with van der Waals surface area (Å²) < 4.78 is 1.32. The van der Waals surface area contributed by atoms with Crippen LogP contribution >= 0.6 is 23.2 Å². The second-order valence-electron chi connectivity index (χ2n) is 5.69. The smallest absolute Gasteiger partial charge is 0.261 e. The molecule has 1 heterocycles. The first-order chi connectivity index (χ1) is 12.0. The van der Waals surface area contributed by atoms with Crippen molar-refractivity contribution in [2.75, 3.05) is 7.05 Å². The van der Waals surface area contributed by atoms with Crippen molar-refractivity contribution in [3.63, 3.8) is 0 Å². The SMILES string of the molecule is CN(Cc1ccc(Cl)c(Cl)c1)C(=O)Cn1cnc2ccccc2c1=O. The number of likely N-dealkylation sites (N-methyl/N-ethyl adjacent to an activating group) is 1. The Balaban J connectivity index is 1.76.